The molecule has 0 aliphatic heterocycles. The second-order valence-corrected chi connectivity index (χ2v) is 3.02. The van der Waals surface area contributed by atoms with E-state index in [1.165, 1.54) is 6.92 Å². The summed E-state index contributed by atoms with van der Waals surface area (Å²) in [7, 11) is 0. The lowest BCUT2D eigenvalue weighted by Gasteiger charge is -2.10. The molecule has 5 heteroatoms. The fourth-order valence-electron chi connectivity index (χ4n) is 0.396. The van der Waals surface area contributed by atoms with Gasteiger partial charge in [0.15, 0.2) is 0 Å². The first kappa shape index (κ1) is 10.3. The molecule has 0 saturated carbocycles. The minimum Gasteiger partial charge on any atom is -0.480 e. The first-order valence-electron chi connectivity index (χ1n) is 3.16. The van der Waals surface area contributed by atoms with Gasteiger partial charge in [0.05, 0.1) is 5.25 Å². The van der Waals surface area contributed by atoms with Gasteiger partial charge in [0.25, 0.3) is 0 Å². The Hall–Kier alpha value is -0.710. The van der Waals surface area contributed by atoms with Crippen LogP contribution in [0.4, 0.5) is 0 Å². The van der Waals surface area contributed by atoms with Crippen LogP contribution in [0.5, 0.6) is 0 Å². The molecule has 0 bridgehead atoms. The number of carbonyl (C=O) groups is 2. The van der Waals surface area contributed by atoms with Crippen molar-refractivity contribution >= 4 is 24.5 Å². The van der Waals surface area contributed by atoms with E-state index in [-0.39, 0.29) is 5.91 Å². The second kappa shape index (κ2) is 4.23. The van der Waals surface area contributed by atoms with Gasteiger partial charge in [0.1, 0.15) is 6.04 Å². The molecule has 0 aliphatic rings. The standard InChI is InChI=1S/C6H11NO3S/c1-3(6(9)10)7-5(8)4(2)11/h3-4,11H,1-2H3,(H,7,8)(H,9,10)/t3-,4?/m1/s1. The summed E-state index contributed by atoms with van der Waals surface area (Å²) in [5.74, 6) is -1.42. The Balaban J connectivity index is 3.85. The Morgan fingerprint density at radius 1 is 1.45 bits per heavy atom. The van der Waals surface area contributed by atoms with Gasteiger partial charge in [0, 0.05) is 0 Å². The van der Waals surface area contributed by atoms with Gasteiger partial charge < -0.3 is 10.4 Å². The number of nitrogens with one attached hydrogen (secondary N) is 1. The maximum Gasteiger partial charge on any atom is 0.325 e. The van der Waals surface area contributed by atoms with Crippen LogP contribution < -0.4 is 5.32 Å². The van der Waals surface area contributed by atoms with Crippen molar-refractivity contribution in [3.8, 4) is 0 Å². The molecular weight excluding hydrogens is 166 g/mol. The largest absolute Gasteiger partial charge is 0.480 e. The van der Waals surface area contributed by atoms with Crippen molar-refractivity contribution in [2.75, 3.05) is 0 Å². The van der Waals surface area contributed by atoms with Crippen molar-refractivity contribution in [3.63, 3.8) is 0 Å². The van der Waals surface area contributed by atoms with Crippen LogP contribution in [0.3, 0.4) is 0 Å². The maximum atomic E-state index is 10.8. The summed E-state index contributed by atoms with van der Waals surface area (Å²) in [6.45, 7) is 2.98. The molecule has 1 unspecified atom stereocenters. The quantitative estimate of drug-likeness (QED) is 0.527. The van der Waals surface area contributed by atoms with Crippen LogP contribution in [0, 0.1) is 0 Å². The van der Waals surface area contributed by atoms with Gasteiger partial charge in [-0.1, -0.05) is 0 Å². The van der Waals surface area contributed by atoms with Crippen molar-refractivity contribution in [2.45, 2.75) is 25.1 Å². The van der Waals surface area contributed by atoms with Crippen molar-refractivity contribution in [2.24, 2.45) is 0 Å². The number of carboxylic acids is 1. The molecular formula is C6H11NO3S. The molecule has 2 atom stereocenters. The van der Waals surface area contributed by atoms with Gasteiger partial charge >= 0.3 is 5.97 Å². The summed E-state index contributed by atoms with van der Waals surface area (Å²) in [6.07, 6.45) is 0. The summed E-state index contributed by atoms with van der Waals surface area (Å²) in [5.41, 5.74) is 0. The number of thiol groups is 1. The van der Waals surface area contributed by atoms with E-state index in [9.17, 15) is 9.59 Å². The number of amides is 1. The SMILES string of the molecule is CC(S)C(=O)N[C@H](C)C(=O)O. The number of hydrogen-bond acceptors (Lipinski definition) is 3. The second-order valence-electron chi connectivity index (χ2n) is 2.24. The van der Waals surface area contributed by atoms with Gasteiger partial charge in [-0.25, -0.2) is 0 Å². The van der Waals surface area contributed by atoms with Crippen molar-refractivity contribution in [1.29, 1.82) is 0 Å². The predicted molar refractivity (Wildman–Crippen MR) is 43.7 cm³/mol. The predicted octanol–water partition coefficient (Wildman–Crippen LogP) is -0.106. The van der Waals surface area contributed by atoms with E-state index >= 15 is 0 Å². The number of aliphatic carboxylic acids is 1. The minimum atomic E-state index is -1.05. The molecule has 0 aromatic heterocycles. The van der Waals surface area contributed by atoms with Gasteiger partial charge in [-0.3, -0.25) is 9.59 Å². The Kier molecular flexibility index (Phi) is 3.95. The van der Waals surface area contributed by atoms with E-state index in [2.05, 4.69) is 17.9 Å². The average molecular weight is 177 g/mol. The molecule has 0 spiro atoms. The molecule has 4 nitrogen and oxygen atoms in total. The number of carbonyl (C=O) groups excluding carboxylic acids is 1. The van der Waals surface area contributed by atoms with Gasteiger partial charge in [-0.2, -0.15) is 12.6 Å². The summed E-state index contributed by atoms with van der Waals surface area (Å²) in [5, 5.41) is 10.2. The van der Waals surface area contributed by atoms with Crippen LogP contribution >= 0.6 is 12.6 Å². The monoisotopic (exact) mass is 177 g/mol. The third kappa shape index (κ3) is 3.87. The molecule has 11 heavy (non-hydrogen) atoms. The maximum absolute atomic E-state index is 10.8. The molecule has 0 rings (SSSR count). The summed E-state index contributed by atoms with van der Waals surface area (Å²) in [6, 6.07) is -0.850. The molecule has 2 N–H and O–H groups in total. The lowest BCUT2D eigenvalue weighted by atomic mass is 10.3. The number of carboxylic acid groups (broad SMARTS) is 1. The molecule has 0 aliphatic carbocycles. The first-order valence-corrected chi connectivity index (χ1v) is 3.68. The van der Waals surface area contributed by atoms with Crippen LogP contribution in [0.15, 0.2) is 0 Å². The summed E-state index contributed by atoms with van der Waals surface area (Å²) in [4.78, 5) is 21.0. The zero-order valence-electron chi connectivity index (χ0n) is 6.37. The van der Waals surface area contributed by atoms with Gasteiger partial charge in [-0.15, -0.1) is 0 Å². The average Bonchev–Trinajstić information content (AvgIpc) is 1.87. The topological polar surface area (TPSA) is 66.4 Å². The van der Waals surface area contributed by atoms with Crippen LogP contribution in [0.25, 0.3) is 0 Å². The lowest BCUT2D eigenvalue weighted by molar-refractivity contribution is -0.141. The van der Waals surface area contributed by atoms with Crippen LogP contribution in [0.2, 0.25) is 0 Å². The molecule has 0 saturated heterocycles. The number of hydrogen-bond donors (Lipinski definition) is 3. The van der Waals surface area contributed by atoms with Crippen LogP contribution in [-0.2, 0) is 9.59 Å². The van der Waals surface area contributed by atoms with E-state index in [4.69, 9.17) is 5.11 Å². The molecule has 0 fully saturated rings. The zero-order valence-corrected chi connectivity index (χ0v) is 7.26. The molecule has 64 valence electrons. The van der Waals surface area contributed by atoms with Crippen molar-refractivity contribution in [3.05, 3.63) is 0 Å². The first-order chi connectivity index (χ1) is 4.95. The van der Waals surface area contributed by atoms with E-state index < -0.39 is 17.3 Å². The van der Waals surface area contributed by atoms with E-state index in [0.29, 0.717) is 0 Å². The normalized spacial score (nSPS) is 15.2. The Morgan fingerprint density at radius 3 is 2.18 bits per heavy atom. The Bertz CT molecular complexity index is 169. The third-order valence-corrected chi connectivity index (χ3v) is 1.34. The third-order valence-electron chi connectivity index (χ3n) is 1.11. The molecule has 1 amide bonds. The van der Waals surface area contributed by atoms with Crippen molar-refractivity contribution in [1.82, 2.24) is 5.32 Å². The van der Waals surface area contributed by atoms with Gasteiger partial charge in [0.2, 0.25) is 5.91 Å². The summed E-state index contributed by atoms with van der Waals surface area (Å²) < 4.78 is 0. The molecule has 0 aromatic rings. The number of rotatable bonds is 3. The molecule has 0 radical (unpaired) electrons. The Labute approximate surface area is 70.4 Å². The van der Waals surface area contributed by atoms with E-state index in [1.54, 1.807) is 6.92 Å². The van der Waals surface area contributed by atoms with Crippen LogP contribution in [-0.4, -0.2) is 28.3 Å². The Morgan fingerprint density at radius 2 is 1.91 bits per heavy atom. The van der Waals surface area contributed by atoms with Gasteiger partial charge in [-0.05, 0) is 13.8 Å². The highest BCUT2D eigenvalue weighted by Gasteiger charge is 2.15. The zero-order chi connectivity index (χ0) is 9.02. The molecule has 0 aromatic carbocycles. The minimum absolute atomic E-state index is 0.372. The summed E-state index contributed by atoms with van der Waals surface area (Å²) >= 11 is 3.83. The highest BCUT2D eigenvalue weighted by Crippen LogP contribution is 1.92. The fraction of sp³-hybridized carbons (Fsp3) is 0.667. The highest BCUT2D eigenvalue weighted by molar-refractivity contribution is 7.81. The van der Waals surface area contributed by atoms with Crippen molar-refractivity contribution < 1.29 is 14.7 Å². The highest BCUT2D eigenvalue weighted by atomic mass is 32.1. The smallest absolute Gasteiger partial charge is 0.325 e. The van der Waals surface area contributed by atoms with Crippen LogP contribution in [0.1, 0.15) is 13.8 Å². The fourth-order valence-corrected chi connectivity index (χ4v) is 0.470. The van der Waals surface area contributed by atoms with E-state index in [1.807, 2.05) is 0 Å². The molecule has 0 heterocycles. The lowest BCUT2D eigenvalue weighted by Crippen LogP contribution is -2.41. The van der Waals surface area contributed by atoms with E-state index in [0.717, 1.165) is 0 Å².